The van der Waals surface area contributed by atoms with Gasteiger partial charge in [0, 0.05) is 18.2 Å². The molecule has 2 aromatic rings. The summed E-state index contributed by atoms with van der Waals surface area (Å²) in [5.74, 6) is 0.319. The van der Waals surface area contributed by atoms with Crippen molar-refractivity contribution in [2.24, 2.45) is 11.7 Å². The Kier molecular flexibility index (Phi) is 5.38. The van der Waals surface area contributed by atoms with Crippen LogP contribution >= 0.6 is 11.3 Å². The van der Waals surface area contributed by atoms with Gasteiger partial charge < -0.3 is 10.6 Å². The summed E-state index contributed by atoms with van der Waals surface area (Å²) in [6.45, 7) is 10.5. The highest BCUT2D eigenvalue weighted by molar-refractivity contribution is 7.19. The van der Waals surface area contributed by atoms with Crippen LogP contribution in [0.15, 0.2) is 12.3 Å². The van der Waals surface area contributed by atoms with E-state index in [9.17, 15) is 9.59 Å². The Balaban J connectivity index is 1.82. The molecule has 0 radical (unpaired) electrons. The molecule has 3 rings (SSSR count). The number of hydrogen-bond acceptors (Lipinski definition) is 6. The molecular weight excluding hydrogens is 376 g/mol. The summed E-state index contributed by atoms with van der Waals surface area (Å²) in [6, 6.07) is 0.898. The fourth-order valence-corrected chi connectivity index (χ4v) is 4.23. The highest BCUT2D eigenvalue weighted by atomic mass is 32.1. The zero-order valence-corrected chi connectivity index (χ0v) is 17.6. The Morgan fingerprint density at radius 1 is 1.32 bits per heavy atom. The van der Waals surface area contributed by atoms with Crippen LogP contribution in [-0.2, 0) is 10.2 Å². The summed E-state index contributed by atoms with van der Waals surface area (Å²) >= 11 is 1.35. The van der Waals surface area contributed by atoms with Crippen LogP contribution in [0.2, 0.25) is 0 Å². The molecule has 1 saturated heterocycles. The molecule has 0 spiro atoms. The minimum Gasteiger partial charge on any atom is -0.368 e. The first-order chi connectivity index (χ1) is 13.1. The Hall–Kier alpha value is -2.55. The van der Waals surface area contributed by atoms with Crippen molar-refractivity contribution >= 4 is 28.4 Å². The first kappa shape index (κ1) is 20.2. The van der Waals surface area contributed by atoms with E-state index in [1.807, 2.05) is 19.9 Å². The molecule has 0 aliphatic carbocycles. The summed E-state index contributed by atoms with van der Waals surface area (Å²) < 4.78 is 0. The van der Waals surface area contributed by atoms with E-state index in [2.05, 4.69) is 41.0 Å². The number of aryl methyl sites for hydroxylation is 1. The van der Waals surface area contributed by atoms with Crippen molar-refractivity contribution in [3.8, 4) is 10.6 Å². The lowest BCUT2D eigenvalue weighted by Gasteiger charge is -2.23. The van der Waals surface area contributed by atoms with E-state index in [4.69, 9.17) is 5.73 Å². The van der Waals surface area contributed by atoms with Crippen molar-refractivity contribution in [2.75, 3.05) is 11.9 Å². The lowest BCUT2D eigenvalue weighted by molar-refractivity contribution is -0.122. The molecule has 2 aromatic heterocycles. The molecule has 1 aliphatic rings. The second-order valence-corrected chi connectivity index (χ2v) is 9.18. The second-order valence-electron chi connectivity index (χ2n) is 8.19. The average Bonchev–Trinajstić information content (AvgIpc) is 3.17. The molecule has 0 bridgehead atoms. The van der Waals surface area contributed by atoms with Gasteiger partial charge in [-0.1, -0.05) is 39.0 Å². The number of hydrogen-bond donors (Lipinski definition) is 2. The molecule has 8 nitrogen and oxygen atoms in total. The number of anilines is 1. The van der Waals surface area contributed by atoms with E-state index in [0.29, 0.717) is 11.7 Å². The van der Waals surface area contributed by atoms with Crippen molar-refractivity contribution in [3.05, 3.63) is 23.8 Å². The van der Waals surface area contributed by atoms with Crippen molar-refractivity contribution in [2.45, 2.75) is 52.5 Å². The number of primary amides is 1. The number of amides is 3. The zero-order valence-electron chi connectivity index (χ0n) is 16.8. The first-order valence-electron chi connectivity index (χ1n) is 9.26. The van der Waals surface area contributed by atoms with Crippen LogP contribution in [0.1, 0.15) is 45.6 Å². The van der Waals surface area contributed by atoms with E-state index in [0.717, 1.165) is 28.5 Å². The number of aromatic nitrogens is 3. The number of likely N-dealkylation sites (tertiary alicyclic amines) is 1. The molecule has 2 atom stereocenters. The Labute approximate surface area is 168 Å². The third-order valence-electron chi connectivity index (χ3n) is 4.82. The van der Waals surface area contributed by atoms with Gasteiger partial charge in [-0.25, -0.2) is 19.7 Å². The number of urea groups is 1. The van der Waals surface area contributed by atoms with E-state index in [-0.39, 0.29) is 17.4 Å². The molecule has 3 amide bonds. The van der Waals surface area contributed by atoms with Gasteiger partial charge in [-0.3, -0.25) is 10.1 Å². The molecule has 9 heteroatoms. The number of carbonyl (C=O) groups is 2. The monoisotopic (exact) mass is 402 g/mol. The predicted octanol–water partition coefficient (Wildman–Crippen LogP) is 2.93. The van der Waals surface area contributed by atoms with Gasteiger partial charge in [0.2, 0.25) is 5.91 Å². The molecule has 0 saturated carbocycles. The van der Waals surface area contributed by atoms with Gasteiger partial charge in [0.15, 0.2) is 5.13 Å². The molecule has 3 heterocycles. The largest absolute Gasteiger partial charge is 0.368 e. The van der Waals surface area contributed by atoms with Gasteiger partial charge in [-0.15, -0.1) is 0 Å². The van der Waals surface area contributed by atoms with E-state index < -0.39 is 11.9 Å². The normalized spacial score (nSPS) is 19.7. The Morgan fingerprint density at radius 3 is 2.68 bits per heavy atom. The number of thiazole rings is 1. The SMILES string of the molecule is Cc1nc(NC(=O)N2CC[C@H](C)[C@H]2C(N)=O)sc1-c1ccnc(C(C)(C)C)n1. The highest BCUT2D eigenvalue weighted by Gasteiger charge is 2.38. The lowest BCUT2D eigenvalue weighted by Crippen LogP contribution is -2.47. The summed E-state index contributed by atoms with van der Waals surface area (Å²) in [5, 5.41) is 3.28. The van der Waals surface area contributed by atoms with Crippen LogP contribution < -0.4 is 11.1 Å². The Bertz CT molecular complexity index is 904. The topological polar surface area (TPSA) is 114 Å². The summed E-state index contributed by atoms with van der Waals surface area (Å²) in [4.78, 5) is 40.2. The fraction of sp³-hybridized carbons (Fsp3) is 0.526. The lowest BCUT2D eigenvalue weighted by atomic mass is 9.95. The van der Waals surface area contributed by atoms with Gasteiger partial charge >= 0.3 is 6.03 Å². The second kappa shape index (κ2) is 7.46. The summed E-state index contributed by atoms with van der Waals surface area (Å²) in [7, 11) is 0. The molecule has 150 valence electrons. The first-order valence-corrected chi connectivity index (χ1v) is 10.1. The number of rotatable bonds is 3. The minimum absolute atomic E-state index is 0.0497. The summed E-state index contributed by atoms with van der Waals surface area (Å²) in [5.41, 5.74) is 6.87. The van der Waals surface area contributed by atoms with E-state index >= 15 is 0 Å². The maximum atomic E-state index is 12.7. The molecule has 28 heavy (non-hydrogen) atoms. The van der Waals surface area contributed by atoms with Gasteiger partial charge in [0.25, 0.3) is 0 Å². The van der Waals surface area contributed by atoms with Gasteiger partial charge in [0.05, 0.1) is 16.3 Å². The molecular formula is C19H26N6O2S. The highest BCUT2D eigenvalue weighted by Crippen LogP contribution is 2.33. The zero-order chi connectivity index (χ0) is 20.6. The average molecular weight is 403 g/mol. The van der Waals surface area contributed by atoms with Crippen LogP contribution in [0.25, 0.3) is 10.6 Å². The smallest absolute Gasteiger partial charge is 0.324 e. The summed E-state index contributed by atoms with van der Waals surface area (Å²) in [6.07, 6.45) is 2.49. The fourth-order valence-electron chi connectivity index (χ4n) is 3.31. The molecule has 3 N–H and O–H groups in total. The van der Waals surface area contributed by atoms with Crippen LogP contribution in [0.5, 0.6) is 0 Å². The molecule has 0 unspecified atom stereocenters. The predicted molar refractivity (Wildman–Crippen MR) is 109 cm³/mol. The minimum atomic E-state index is -0.586. The maximum absolute atomic E-state index is 12.7. The van der Waals surface area contributed by atoms with E-state index in [1.165, 1.54) is 16.2 Å². The molecule has 1 aliphatic heterocycles. The number of nitrogens with one attached hydrogen (secondary N) is 1. The number of nitrogens with zero attached hydrogens (tertiary/aromatic N) is 4. The van der Waals surface area contributed by atoms with Crippen LogP contribution in [0.3, 0.4) is 0 Å². The van der Waals surface area contributed by atoms with Crippen LogP contribution in [0.4, 0.5) is 9.93 Å². The Morgan fingerprint density at radius 2 is 2.04 bits per heavy atom. The van der Waals surface area contributed by atoms with Crippen molar-refractivity contribution in [1.82, 2.24) is 19.9 Å². The van der Waals surface area contributed by atoms with Crippen molar-refractivity contribution < 1.29 is 9.59 Å². The number of carbonyl (C=O) groups excluding carboxylic acids is 2. The van der Waals surface area contributed by atoms with Crippen molar-refractivity contribution in [3.63, 3.8) is 0 Å². The van der Waals surface area contributed by atoms with Crippen LogP contribution in [-0.4, -0.2) is 44.4 Å². The third kappa shape index (κ3) is 3.99. The van der Waals surface area contributed by atoms with Crippen molar-refractivity contribution in [1.29, 1.82) is 0 Å². The quantitative estimate of drug-likeness (QED) is 0.819. The van der Waals surface area contributed by atoms with Gasteiger partial charge in [-0.05, 0) is 25.3 Å². The number of nitrogens with two attached hydrogens (primary N) is 1. The van der Waals surface area contributed by atoms with E-state index in [1.54, 1.807) is 6.20 Å². The van der Waals surface area contributed by atoms with Gasteiger partial charge in [-0.2, -0.15) is 0 Å². The van der Waals surface area contributed by atoms with Crippen LogP contribution in [0, 0.1) is 12.8 Å². The molecule has 0 aromatic carbocycles. The standard InChI is InChI=1S/C19H26N6O2S/c1-10-7-9-25(13(10)15(20)26)18(27)24-17-22-11(2)14(28-17)12-6-8-21-16(23-12)19(3,4)5/h6,8,10,13H,7,9H2,1-5H3,(H2,20,26)(H,22,24,27)/t10-,13-/m0/s1. The maximum Gasteiger partial charge on any atom is 0.324 e. The van der Waals surface area contributed by atoms with Gasteiger partial charge in [0.1, 0.15) is 11.9 Å². The molecule has 1 fully saturated rings. The third-order valence-corrected chi connectivity index (χ3v) is 5.92.